The van der Waals surface area contributed by atoms with Gasteiger partial charge >= 0.3 is 0 Å². The van der Waals surface area contributed by atoms with Crippen molar-refractivity contribution >= 4 is 15.7 Å². The first-order chi connectivity index (χ1) is 12.3. The van der Waals surface area contributed by atoms with Gasteiger partial charge in [-0.25, -0.2) is 8.42 Å². The van der Waals surface area contributed by atoms with Gasteiger partial charge in [-0.05, 0) is 49.6 Å². The van der Waals surface area contributed by atoms with Crippen molar-refractivity contribution in [3.8, 4) is 5.75 Å². The Hall–Kier alpha value is -1.31. The number of benzene rings is 1. The molecule has 0 radical (unpaired) electrons. The van der Waals surface area contributed by atoms with E-state index in [1.165, 1.54) is 24.0 Å². The van der Waals surface area contributed by atoms with E-state index in [1.807, 2.05) is 0 Å². The van der Waals surface area contributed by atoms with Crippen LogP contribution in [-0.2, 0) is 14.8 Å². The Morgan fingerprint density at radius 1 is 1.31 bits per heavy atom. The lowest BCUT2D eigenvalue weighted by Gasteiger charge is -2.24. The first-order valence-electron chi connectivity index (χ1n) is 9.26. The van der Waals surface area contributed by atoms with Crippen LogP contribution in [0.4, 0.5) is 5.69 Å². The van der Waals surface area contributed by atoms with Crippen LogP contribution in [0.15, 0.2) is 24.3 Å². The Morgan fingerprint density at radius 2 is 2.00 bits per heavy atom. The minimum absolute atomic E-state index is 0.0584. The molecule has 1 heterocycles. The van der Waals surface area contributed by atoms with Crippen molar-refractivity contribution in [2.75, 3.05) is 50.5 Å². The molecule has 1 aromatic rings. The Kier molecular flexibility index (Phi) is 7.73. The summed E-state index contributed by atoms with van der Waals surface area (Å²) in [4.78, 5) is 2.46. The summed E-state index contributed by atoms with van der Waals surface area (Å²) < 4.78 is 36.2. The summed E-state index contributed by atoms with van der Waals surface area (Å²) >= 11 is 0. The average Bonchev–Trinajstić information content (AvgIpc) is 2.82. The summed E-state index contributed by atoms with van der Waals surface area (Å²) in [6, 6.07) is 7.09. The maximum atomic E-state index is 11.6. The summed E-state index contributed by atoms with van der Waals surface area (Å²) in [5, 5.41) is 0. The fourth-order valence-electron chi connectivity index (χ4n) is 2.85. The summed E-state index contributed by atoms with van der Waals surface area (Å²) in [7, 11) is -1.72. The van der Waals surface area contributed by atoms with Gasteiger partial charge in [0.25, 0.3) is 0 Å². The first-order valence-corrected chi connectivity index (χ1v) is 11.1. The number of anilines is 1. The second-order valence-electron chi connectivity index (χ2n) is 7.36. The highest BCUT2D eigenvalue weighted by Gasteiger charge is 2.19. The molecule has 6 nitrogen and oxygen atoms in total. The van der Waals surface area contributed by atoms with E-state index >= 15 is 0 Å². The average molecular weight is 385 g/mol. The lowest BCUT2D eigenvalue weighted by Crippen LogP contribution is -2.36. The Morgan fingerprint density at radius 3 is 2.62 bits per heavy atom. The van der Waals surface area contributed by atoms with Crippen LogP contribution in [0.3, 0.4) is 0 Å². The van der Waals surface area contributed by atoms with Gasteiger partial charge in [-0.2, -0.15) is 0 Å². The molecule has 0 spiro atoms. The molecule has 1 atom stereocenters. The Labute approximate surface area is 158 Å². The number of hydrogen-bond acceptors (Lipinski definition) is 5. The molecule has 1 aliphatic rings. The molecule has 0 aliphatic carbocycles. The van der Waals surface area contributed by atoms with Crippen LogP contribution in [0.5, 0.6) is 5.75 Å². The maximum absolute atomic E-state index is 11.6. The van der Waals surface area contributed by atoms with Crippen molar-refractivity contribution in [1.29, 1.82) is 0 Å². The molecule has 2 rings (SSSR count). The van der Waals surface area contributed by atoms with Gasteiger partial charge in [0.2, 0.25) is 10.0 Å². The highest BCUT2D eigenvalue weighted by atomic mass is 32.2. The molecular weight excluding hydrogens is 352 g/mol. The molecule has 148 valence electrons. The second-order valence-corrected chi connectivity index (χ2v) is 9.38. The van der Waals surface area contributed by atoms with Gasteiger partial charge in [0.05, 0.1) is 11.9 Å². The van der Waals surface area contributed by atoms with Gasteiger partial charge in [0.1, 0.15) is 18.5 Å². The van der Waals surface area contributed by atoms with Crippen molar-refractivity contribution in [3.05, 3.63) is 24.3 Å². The fraction of sp³-hybridized carbons (Fsp3) is 0.684. The molecule has 1 saturated heterocycles. The largest absolute Gasteiger partial charge is 0.491 e. The molecule has 26 heavy (non-hydrogen) atoms. The van der Waals surface area contributed by atoms with E-state index < -0.39 is 10.0 Å². The van der Waals surface area contributed by atoms with Gasteiger partial charge in [0, 0.05) is 26.7 Å². The van der Waals surface area contributed by atoms with E-state index in [0.717, 1.165) is 38.4 Å². The summed E-state index contributed by atoms with van der Waals surface area (Å²) in [6.07, 6.45) is 3.50. The predicted octanol–water partition coefficient (Wildman–Crippen LogP) is 2.60. The highest BCUT2D eigenvalue weighted by Crippen LogP contribution is 2.20. The third-order valence-corrected chi connectivity index (χ3v) is 5.80. The number of ether oxygens (including phenoxy) is 2. The zero-order valence-corrected chi connectivity index (χ0v) is 17.2. The first kappa shape index (κ1) is 21.0. The number of nitrogens with zero attached hydrogens (tertiary/aromatic N) is 2. The van der Waals surface area contributed by atoms with Gasteiger partial charge in [-0.1, -0.05) is 13.8 Å². The van der Waals surface area contributed by atoms with Crippen molar-refractivity contribution in [1.82, 2.24) is 4.90 Å². The van der Waals surface area contributed by atoms with Crippen LogP contribution in [0, 0.1) is 5.92 Å². The minimum atomic E-state index is -3.25. The van der Waals surface area contributed by atoms with Crippen LogP contribution in [-0.4, -0.2) is 65.6 Å². The highest BCUT2D eigenvalue weighted by molar-refractivity contribution is 7.92. The normalized spacial score (nSPS) is 19.3. The standard InChI is InChI=1S/C19H32N2O4S/c1-16(2)10-12-21-11-5-13-24-19(14-21)15-25-18-8-6-17(7-9-18)20(3)26(4,22)23/h6-9,16,19H,5,10-15H2,1-4H3. The summed E-state index contributed by atoms with van der Waals surface area (Å²) in [5.74, 6) is 1.43. The zero-order valence-electron chi connectivity index (χ0n) is 16.3. The molecule has 7 heteroatoms. The summed E-state index contributed by atoms with van der Waals surface area (Å²) in [6.45, 7) is 8.84. The number of sulfonamides is 1. The molecule has 0 amide bonds. The topological polar surface area (TPSA) is 59.1 Å². The molecule has 1 unspecified atom stereocenters. The van der Waals surface area contributed by atoms with E-state index in [9.17, 15) is 8.42 Å². The van der Waals surface area contributed by atoms with Crippen LogP contribution in [0.1, 0.15) is 26.7 Å². The molecular formula is C19H32N2O4S. The van der Waals surface area contributed by atoms with E-state index in [0.29, 0.717) is 18.2 Å². The smallest absolute Gasteiger partial charge is 0.231 e. The van der Waals surface area contributed by atoms with E-state index in [1.54, 1.807) is 24.3 Å². The maximum Gasteiger partial charge on any atom is 0.231 e. The minimum Gasteiger partial charge on any atom is -0.491 e. The predicted molar refractivity (Wildman–Crippen MR) is 105 cm³/mol. The third kappa shape index (κ3) is 6.78. The van der Waals surface area contributed by atoms with Crippen molar-refractivity contribution < 1.29 is 17.9 Å². The van der Waals surface area contributed by atoms with Crippen molar-refractivity contribution in [2.24, 2.45) is 5.92 Å². The fourth-order valence-corrected chi connectivity index (χ4v) is 3.35. The third-order valence-electron chi connectivity index (χ3n) is 4.59. The molecule has 1 aromatic carbocycles. The van der Waals surface area contributed by atoms with Gasteiger partial charge < -0.3 is 14.4 Å². The lowest BCUT2D eigenvalue weighted by atomic mass is 10.1. The Balaban J connectivity index is 1.87. The number of rotatable bonds is 8. The number of hydrogen-bond donors (Lipinski definition) is 0. The van der Waals surface area contributed by atoms with Gasteiger partial charge in [-0.3, -0.25) is 4.31 Å². The van der Waals surface area contributed by atoms with Crippen LogP contribution in [0.2, 0.25) is 0 Å². The van der Waals surface area contributed by atoms with Gasteiger partial charge in [-0.15, -0.1) is 0 Å². The second kappa shape index (κ2) is 9.58. The molecule has 0 aromatic heterocycles. The van der Waals surface area contributed by atoms with Crippen molar-refractivity contribution in [3.63, 3.8) is 0 Å². The van der Waals surface area contributed by atoms with E-state index in [-0.39, 0.29) is 6.10 Å². The monoisotopic (exact) mass is 384 g/mol. The molecule has 1 aliphatic heterocycles. The van der Waals surface area contributed by atoms with Crippen molar-refractivity contribution in [2.45, 2.75) is 32.8 Å². The zero-order chi connectivity index (χ0) is 19.2. The quantitative estimate of drug-likeness (QED) is 0.689. The molecule has 0 N–H and O–H groups in total. The summed E-state index contributed by atoms with van der Waals surface area (Å²) in [5.41, 5.74) is 0.616. The van der Waals surface area contributed by atoms with Crippen LogP contribution >= 0.6 is 0 Å². The molecule has 0 saturated carbocycles. The Bertz CT molecular complexity index is 646. The van der Waals surface area contributed by atoms with E-state index in [2.05, 4.69) is 18.7 Å². The SMILES string of the molecule is CC(C)CCN1CCCOC(COc2ccc(N(C)S(C)(=O)=O)cc2)C1. The molecule has 0 bridgehead atoms. The van der Waals surface area contributed by atoms with Crippen LogP contribution < -0.4 is 9.04 Å². The van der Waals surface area contributed by atoms with E-state index in [4.69, 9.17) is 9.47 Å². The lowest BCUT2D eigenvalue weighted by molar-refractivity contribution is 0.0205. The van der Waals surface area contributed by atoms with Crippen LogP contribution in [0.25, 0.3) is 0 Å². The van der Waals surface area contributed by atoms with Gasteiger partial charge in [0.15, 0.2) is 0 Å². The molecule has 1 fully saturated rings.